The van der Waals surface area contributed by atoms with Gasteiger partial charge in [-0.3, -0.25) is 4.79 Å². The van der Waals surface area contributed by atoms with Crippen LogP contribution >= 0.6 is 11.3 Å². The van der Waals surface area contributed by atoms with Gasteiger partial charge in [0.1, 0.15) is 4.88 Å². The van der Waals surface area contributed by atoms with Crippen LogP contribution in [-0.4, -0.2) is 33.5 Å². The second-order valence-electron chi connectivity index (χ2n) is 5.72. The van der Waals surface area contributed by atoms with Crippen LogP contribution < -0.4 is 0 Å². The first-order valence-electron chi connectivity index (χ1n) is 7.61. The number of aliphatic hydroxyl groups is 1. The third-order valence-corrected chi connectivity index (χ3v) is 5.17. The topological polar surface area (TPSA) is 53.4 Å². The zero-order valence-corrected chi connectivity index (χ0v) is 13.4. The van der Waals surface area contributed by atoms with Crippen molar-refractivity contribution in [3.63, 3.8) is 0 Å². The van der Waals surface area contributed by atoms with E-state index >= 15 is 0 Å². The summed E-state index contributed by atoms with van der Waals surface area (Å²) in [5.74, 6) is 0.0581. The fourth-order valence-electron chi connectivity index (χ4n) is 3.05. The highest BCUT2D eigenvalue weighted by Crippen LogP contribution is 2.29. The normalized spacial score (nSPS) is 19.4. The third-order valence-electron chi connectivity index (χ3n) is 4.26. The molecule has 1 saturated heterocycles. The van der Waals surface area contributed by atoms with E-state index in [2.05, 4.69) is 4.98 Å². The summed E-state index contributed by atoms with van der Waals surface area (Å²) in [7, 11) is 0. The van der Waals surface area contributed by atoms with Crippen LogP contribution in [0.1, 0.15) is 46.3 Å². The number of hydrogen-bond acceptors (Lipinski definition) is 4. The highest BCUT2D eigenvalue weighted by atomic mass is 32.1. The molecule has 1 fully saturated rings. The van der Waals surface area contributed by atoms with E-state index in [-0.39, 0.29) is 11.9 Å². The van der Waals surface area contributed by atoms with Crippen LogP contribution in [0.5, 0.6) is 0 Å². The maximum atomic E-state index is 12.7. The van der Waals surface area contributed by atoms with Crippen LogP contribution in [0.4, 0.5) is 0 Å². The van der Waals surface area contributed by atoms with Gasteiger partial charge < -0.3 is 10.0 Å². The van der Waals surface area contributed by atoms with Crippen molar-refractivity contribution in [2.45, 2.75) is 38.3 Å². The number of nitrogens with zero attached hydrogens (tertiary/aromatic N) is 2. The van der Waals surface area contributed by atoms with E-state index < -0.39 is 6.10 Å². The summed E-state index contributed by atoms with van der Waals surface area (Å²) < 4.78 is 0. The lowest BCUT2D eigenvalue weighted by Crippen LogP contribution is -2.36. The molecule has 1 amide bonds. The summed E-state index contributed by atoms with van der Waals surface area (Å²) in [5, 5.41) is 10.4. The molecule has 3 rings (SSSR count). The number of thiazole rings is 1. The number of rotatable bonds is 4. The minimum atomic E-state index is -0.526. The molecule has 0 aliphatic carbocycles. The van der Waals surface area contributed by atoms with E-state index in [1.54, 1.807) is 5.51 Å². The smallest absolute Gasteiger partial charge is 0.266 e. The Bertz CT molecular complexity index is 641. The van der Waals surface area contributed by atoms with Crippen molar-refractivity contribution in [3.8, 4) is 0 Å². The SMILES string of the molecule is Cc1ncsc1C(=O)N1CCCC1CC(O)c1ccccc1. The highest BCUT2D eigenvalue weighted by Gasteiger charge is 2.32. The Morgan fingerprint density at radius 3 is 2.91 bits per heavy atom. The van der Waals surface area contributed by atoms with Gasteiger partial charge in [0.25, 0.3) is 5.91 Å². The average molecular weight is 316 g/mol. The maximum absolute atomic E-state index is 12.7. The van der Waals surface area contributed by atoms with Crippen LogP contribution in [0.15, 0.2) is 35.8 Å². The van der Waals surface area contributed by atoms with Crippen molar-refractivity contribution in [2.24, 2.45) is 0 Å². The van der Waals surface area contributed by atoms with E-state index in [0.29, 0.717) is 6.42 Å². The molecule has 2 heterocycles. The molecule has 2 unspecified atom stereocenters. The molecule has 5 heteroatoms. The van der Waals surface area contributed by atoms with Crippen molar-refractivity contribution < 1.29 is 9.90 Å². The molecule has 22 heavy (non-hydrogen) atoms. The molecule has 1 aromatic carbocycles. The molecular weight excluding hydrogens is 296 g/mol. The minimum Gasteiger partial charge on any atom is -0.388 e. The van der Waals surface area contributed by atoms with Crippen LogP contribution in [0.2, 0.25) is 0 Å². The molecule has 1 aliphatic heterocycles. The van der Waals surface area contributed by atoms with Crippen LogP contribution in [-0.2, 0) is 0 Å². The summed E-state index contributed by atoms with van der Waals surface area (Å²) in [4.78, 5) is 19.5. The van der Waals surface area contributed by atoms with E-state index in [4.69, 9.17) is 0 Å². The summed E-state index contributed by atoms with van der Waals surface area (Å²) in [5.41, 5.74) is 3.42. The molecule has 116 valence electrons. The number of aryl methyl sites for hydroxylation is 1. The van der Waals surface area contributed by atoms with Crippen LogP contribution in [0.25, 0.3) is 0 Å². The van der Waals surface area contributed by atoms with Gasteiger partial charge in [-0.2, -0.15) is 0 Å². The second-order valence-corrected chi connectivity index (χ2v) is 6.58. The Hall–Kier alpha value is -1.72. The van der Waals surface area contributed by atoms with Gasteiger partial charge in [0, 0.05) is 12.6 Å². The van der Waals surface area contributed by atoms with Gasteiger partial charge >= 0.3 is 0 Å². The molecule has 1 aliphatic rings. The summed E-state index contributed by atoms with van der Waals surface area (Å²) in [6.45, 7) is 2.63. The van der Waals surface area contributed by atoms with Gasteiger partial charge in [-0.25, -0.2) is 4.98 Å². The van der Waals surface area contributed by atoms with E-state index in [1.807, 2.05) is 42.2 Å². The molecule has 0 saturated carbocycles. The molecule has 2 aromatic rings. The quantitative estimate of drug-likeness (QED) is 0.942. The van der Waals surface area contributed by atoms with Gasteiger partial charge in [0.2, 0.25) is 0 Å². The third kappa shape index (κ3) is 3.05. The number of aliphatic hydroxyl groups excluding tert-OH is 1. The largest absolute Gasteiger partial charge is 0.388 e. The van der Waals surface area contributed by atoms with Crippen molar-refractivity contribution >= 4 is 17.2 Å². The highest BCUT2D eigenvalue weighted by molar-refractivity contribution is 7.11. The number of carbonyl (C=O) groups excluding carboxylic acids is 1. The average Bonchev–Trinajstić information content (AvgIpc) is 3.16. The Labute approximate surface area is 134 Å². The zero-order valence-electron chi connectivity index (χ0n) is 12.6. The fraction of sp³-hybridized carbons (Fsp3) is 0.412. The fourth-order valence-corrected chi connectivity index (χ4v) is 3.81. The van der Waals surface area contributed by atoms with Gasteiger partial charge in [0.15, 0.2) is 0 Å². The number of hydrogen-bond donors (Lipinski definition) is 1. The first kappa shape index (κ1) is 15.2. The van der Waals surface area contributed by atoms with E-state index in [9.17, 15) is 9.90 Å². The maximum Gasteiger partial charge on any atom is 0.266 e. The first-order valence-corrected chi connectivity index (χ1v) is 8.49. The predicted octanol–water partition coefficient (Wildman–Crippen LogP) is 3.18. The molecule has 0 bridgehead atoms. The van der Waals surface area contributed by atoms with E-state index in [0.717, 1.165) is 35.5 Å². The second kappa shape index (κ2) is 6.58. The molecular formula is C17H20N2O2S. The summed E-state index contributed by atoms with van der Waals surface area (Å²) in [6, 6.07) is 9.75. The minimum absolute atomic E-state index is 0.0581. The van der Waals surface area contributed by atoms with Crippen molar-refractivity contribution in [3.05, 3.63) is 52.0 Å². The number of benzene rings is 1. The van der Waals surface area contributed by atoms with Gasteiger partial charge in [-0.05, 0) is 31.7 Å². The number of likely N-dealkylation sites (tertiary alicyclic amines) is 1. The Kier molecular flexibility index (Phi) is 4.55. The van der Waals surface area contributed by atoms with Crippen molar-refractivity contribution in [1.29, 1.82) is 0 Å². The zero-order chi connectivity index (χ0) is 15.5. The number of carbonyl (C=O) groups is 1. The standard InChI is InChI=1S/C17H20N2O2S/c1-12-16(22-11-18-12)17(21)19-9-5-8-14(19)10-15(20)13-6-3-2-4-7-13/h2-4,6-7,11,14-15,20H,5,8-10H2,1H3. The Balaban J connectivity index is 1.71. The summed E-state index contributed by atoms with van der Waals surface area (Å²) >= 11 is 1.40. The van der Waals surface area contributed by atoms with Gasteiger partial charge in [-0.15, -0.1) is 11.3 Å². The van der Waals surface area contributed by atoms with Gasteiger partial charge in [-0.1, -0.05) is 30.3 Å². The molecule has 4 nitrogen and oxygen atoms in total. The van der Waals surface area contributed by atoms with Crippen molar-refractivity contribution in [1.82, 2.24) is 9.88 Å². The molecule has 0 spiro atoms. The lowest BCUT2D eigenvalue weighted by molar-refractivity contribution is 0.0671. The van der Waals surface area contributed by atoms with Gasteiger partial charge in [0.05, 0.1) is 17.3 Å². The number of amides is 1. The Morgan fingerprint density at radius 1 is 1.45 bits per heavy atom. The monoisotopic (exact) mass is 316 g/mol. The van der Waals surface area contributed by atoms with Crippen LogP contribution in [0, 0.1) is 6.92 Å². The van der Waals surface area contributed by atoms with Crippen molar-refractivity contribution in [2.75, 3.05) is 6.54 Å². The predicted molar refractivity (Wildman–Crippen MR) is 86.9 cm³/mol. The first-order chi connectivity index (χ1) is 10.7. The molecule has 2 atom stereocenters. The molecule has 1 aromatic heterocycles. The number of aromatic nitrogens is 1. The Morgan fingerprint density at radius 2 is 2.23 bits per heavy atom. The van der Waals surface area contributed by atoms with E-state index in [1.165, 1.54) is 11.3 Å². The van der Waals surface area contributed by atoms with Crippen LogP contribution in [0.3, 0.4) is 0 Å². The molecule has 1 N–H and O–H groups in total. The lowest BCUT2D eigenvalue weighted by Gasteiger charge is -2.26. The molecule has 0 radical (unpaired) electrons. The summed E-state index contributed by atoms with van der Waals surface area (Å²) in [6.07, 6.45) is 2.01. The lowest BCUT2D eigenvalue weighted by atomic mass is 10.0.